The number of hydrogen-bond donors (Lipinski definition) is 1. The van der Waals surface area contributed by atoms with Crippen LogP contribution in [-0.2, 0) is 4.79 Å². The van der Waals surface area contributed by atoms with Gasteiger partial charge in [-0.3, -0.25) is 4.79 Å². The Morgan fingerprint density at radius 1 is 1.17 bits per heavy atom. The number of carbonyl (C=O) groups excluding carboxylic acids is 1. The molecular weight excluding hydrogens is 250 g/mol. The first-order valence-corrected chi connectivity index (χ1v) is 5.16. The number of halogens is 4. The van der Waals surface area contributed by atoms with Gasteiger partial charge in [-0.25, -0.2) is 4.39 Å². The fraction of sp³-hybridized carbons (Fsp3) is 0.250. The Morgan fingerprint density at radius 2 is 1.72 bits per heavy atom. The summed E-state index contributed by atoms with van der Waals surface area (Å²) >= 11 is 0. The van der Waals surface area contributed by atoms with Crippen molar-refractivity contribution in [2.45, 2.75) is 12.6 Å². The molecule has 1 aliphatic rings. The van der Waals surface area contributed by atoms with Crippen LogP contribution in [0.2, 0.25) is 0 Å². The minimum Gasteiger partial charge on any atom is -0.401 e. The molecule has 1 aromatic rings. The zero-order valence-corrected chi connectivity index (χ0v) is 9.09. The van der Waals surface area contributed by atoms with Gasteiger partial charge in [0.05, 0.1) is 0 Å². The van der Waals surface area contributed by atoms with Crippen LogP contribution in [0, 0.1) is 11.7 Å². The summed E-state index contributed by atoms with van der Waals surface area (Å²) in [5, 5.41) is 0. The van der Waals surface area contributed by atoms with E-state index in [0.717, 1.165) is 12.1 Å². The maximum absolute atomic E-state index is 12.7. The monoisotopic (exact) mass is 259 g/mol. The zero-order chi connectivity index (χ0) is 13.5. The molecule has 0 radical (unpaired) electrons. The number of allylic oxidation sites excluding steroid dienone is 2. The molecule has 6 heteroatoms. The lowest BCUT2D eigenvalue weighted by Gasteiger charge is -2.13. The predicted octanol–water partition coefficient (Wildman–Crippen LogP) is 2.65. The van der Waals surface area contributed by atoms with Gasteiger partial charge in [0.25, 0.3) is 0 Å². The van der Waals surface area contributed by atoms with E-state index < -0.39 is 30.1 Å². The summed E-state index contributed by atoms with van der Waals surface area (Å²) in [6.07, 6.45) is -5.14. The topological polar surface area (TPSA) is 43.1 Å². The van der Waals surface area contributed by atoms with E-state index in [1.54, 1.807) is 0 Å². The number of alkyl halides is 3. The first kappa shape index (κ1) is 12.6. The highest BCUT2D eigenvalue weighted by atomic mass is 19.4. The third kappa shape index (κ3) is 2.10. The van der Waals surface area contributed by atoms with Gasteiger partial charge in [0.1, 0.15) is 11.7 Å². The van der Waals surface area contributed by atoms with Gasteiger partial charge in [0.15, 0.2) is 5.78 Å². The van der Waals surface area contributed by atoms with Crippen molar-refractivity contribution in [3.05, 3.63) is 41.3 Å². The third-order valence-electron chi connectivity index (χ3n) is 2.84. The Morgan fingerprint density at radius 3 is 2.17 bits per heavy atom. The summed E-state index contributed by atoms with van der Waals surface area (Å²) in [6.45, 7) is 0. The molecule has 1 aromatic carbocycles. The van der Waals surface area contributed by atoms with E-state index in [1.165, 1.54) is 12.1 Å². The summed E-state index contributed by atoms with van der Waals surface area (Å²) in [5.74, 6) is -3.67. The number of hydrogen-bond acceptors (Lipinski definition) is 2. The fourth-order valence-corrected chi connectivity index (χ4v) is 1.96. The van der Waals surface area contributed by atoms with E-state index in [9.17, 15) is 22.4 Å². The minimum absolute atomic E-state index is 0.103. The molecule has 18 heavy (non-hydrogen) atoms. The molecule has 0 spiro atoms. The van der Waals surface area contributed by atoms with E-state index in [-0.39, 0.29) is 16.8 Å². The first-order chi connectivity index (χ1) is 8.30. The van der Waals surface area contributed by atoms with Crippen LogP contribution in [0.15, 0.2) is 30.0 Å². The van der Waals surface area contributed by atoms with E-state index >= 15 is 0 Å². The quantitative estimate of drug-likeness (QED) is 0.788. The molecule has 1 aliphatic carbocycles. The lowest BCUT2D eigenvalue weighted by molar-refractivity contribution is -0.176. The van der Waals surface area contributed by atoms with E-state index in [0.29, 0.717) is 0 Å². The largest absolute Gasteiger partial charge is 0.401 e. The number of rotatable bonds is 1. The molecule has 0 bridgehead atoms. The second kappa shape index (κ2) is 4.12. The van der Waals surface area contributed by atoms with Crippen molar-refractivity contribution in [3.8, 4) is 0 Å². The van der Waals surface area contributed by atoms with Gasteiger partial charge < -0.3 is 5.73 Å². The second-order valence-electron chi connectivity index (χ2n) is 4.07. The summed E-state index contributed by atoms with van der Waals surface area (Å²) in [4.78, 5) is 11.7. The Hall–Kier alpha value is -1.85. The zero-order valence-electron chi connectivity index (χ0n) is 9.09. The van der Waals surface area contributed by atoms with Crippen LogP contribution in [-0.4, -0.2) is 12.0 Å². The third-order valence-corrected chi connectivity index (χ3v) is 2.84. The van der Waals surface area contributed by atoms with Crippen LogP contribution in [0.4, 0.5) is 17.6 Å². The first-order valence-electron chi connectivity index (χ1n) is 5.16. The van der Waals surface area contributed by atoms with Crippen molar-refractivity contribution >= 4 is 11.4 Å². The van der Waals surface area contributed by atoms with Crippen LogP contribution in [0.1, 0.15) is 12.0 Å². The predicted molar refractivity (Wildman–Crippen MR) is 56.7 cm³/mol. The molecule has 0 heterocycles. The molecule has 96 valence electrons. The molecule has 0 aromatic heterocycles. The van der Waals surface area contributed by atoms with E-state index in [1.807, 2.05) is 0 Å². The van der Waals surface area contributed by atoms with Crippen molar-refractivity contribution in [2.75, 3.05) is 0 Å². The van der Waals surface area contributed by atoms with Crippen molar-refractivity contribution < 1.29 is 22.4 Å². The average Bonchev–Trinajstić information content (AvgIpc) is 2.56. The fourth-order valence-electron chi connectivity index (χ4n) is 1.96. The second-order valence-corrected chi connectivity index (χ2v) is 4.07. The van der Waals surface area contributed by atoms with E-state index in [4.69, 9.17) is 5.73 Å². The highest BCUT2D eigenvalue weighted by molar-refractivity contribution is 6.24. The normalized spacial score (nSPS) is 20.7. The Bertz CT molecular complexity index is 516. The molecule has 1 unspecified atom stereocenters. The summed E-state index contributed by atoms with van der Waals surface area (Å²) in [7, 11) is 0. The van der Waals surface area contributed by atoms with Gasteiger partial charge in [-0.15, -0.1) is 0 Å². The summed E-state index contributed by atoms with van der Waals surface area (Å²) < 4.78 is 50.4. The number of nitrogens with two attached hydrogens (primary N) is 1. The smallest absolute Gasteiger partial charge is 0.399 e. The molecule has 1 atom stereocenters. The van der Waals surface area contributed by atoms with Gasteiger partial charge in [-0.1, -0.05) is 12.1 Å². The highest BCUT2D eigenvalue weighted by Gasteiger charge is 2.49. The molecule has 0 aliphatic heterocycles. The van der Waals surface area contributed by atoms with Crippen LogP contribution >= 0.6 is 0 Å². The molecule has 0 amide bonds. The standard InChI is InChI=1S/C12H9F4NO/c13-7-3-1-6(2-4-7)10-9(17)5-8(11(10)18)12(14,15)16/h1-4,8H,5,17H2. The molecule has 0 saturated heterocycles. The lowest BCUT2D eigenvalue weighted by Crippen LogP contribution is -2.27. The summed E-state index contributed by atoms with van der Waals surface area (Å²) in [5.41, 5.74) is 5.45. The van der Waals surface area contributed by atoms with Gasteiger partial charge in [0, 0.05) is 17.7 Å². The number of benzene rings is 1. The summed E-state index contributed by atoms with van der Waals surface area (Å²) in [6, 6.07) is 4.63. The van der Waals surface area contributed by atoms with Crippen molar-refractivity contribution in [2.24, 2.45) is 11.7 Å². The van der Waals surface area contributed by atoms with E-state index in [2.05, 4.69) is 0 Å². The van der Waals surface area contributed by atoms with Crippen LogP contribution in [0.3, 0.4) is 0 Å². The molecule has 0 saturated carbocycles. The number of Topliss-reactive ketones (excluding diaryl/α,β-unsaturated/α-hetero) is 1. The van der Waals surface area contributed by atoms with Gasteiger partial charge in [-0.05, 0) is 17.7 Å². The highest BCUT2D eigenvalue weighted by Crippen LogP contribution is 2.41. The van der Waals surface area contributed by atoms with Gasteiger partial charge in [0.2, 0.25) is 0 Å². The van der Waals surface area contributed by atoms with Gasteiger partial charge in [-0.2, -0.15) is 13.2 Å². The van der Waals surface area contributed by atoms with Crippen LogP contribution < -0.4 is 5.73 Å². The Kier molecular flexibility index (Phi) is 2.88. The average molecular weight is 259 g/mol. The van der Waals surface area contributed by atoms with Crippen molar-refractivity contribution in [1.29, 1.82) is 0 Å². The number of ketones is 1. The number of carbonyl (C=O) groups is 1. The van der Waals surface area contributed by atoms with Crippen LogP contribution in [0.5, 0.6) is 0 Å². The Balaban J connectivity index is 2.37. The maximum Gasteiger partial charge on any atom is 0.399 e. The van der Waals surface area contributed by atoms with Crippen molar-refractivity contribution in [3.63, 3.8) is 0 Å². The molecule has 2 rings (SSSR count). The molecule has 2 nitrogen and oxygen atoms in total. The van der Waals surface area contributed by atoms with Gasteiger partial charge >= 0.3 is 6.18 Å². The SMILES string of the molecule is NC1=C(c2ccc(F)cc2)C(=O)C(C(F)(F)F)C1. The Labute approximate surface area is 100 Å². The lowest BCUT2D eigenvalue weighted by atomic mass is 9.99. The molecule has 0 fully saturated rings. The molecular formula is C12H9F4NO. The minimum atomic E-state index is -4.61. The van der Waals surface area contributed by atoms with Crippen molar-refractivity contribution in [1.82, 2.24) is 0 Å². The maximum atomic E-state index is 12.7. The van der Waals surface area contributed by atoms with Crippen LogP contribution in [0.25, 0.3) is 5.57 Å². The molecule has 2 N–H and O–H groups in total.